The first-order valence-corrected chi connectivity index (χ1v) is 10.0. The molecule has 0 aliphatic carbocycles. The van der Waals surface area contributed by atoms with Gasteiger partial charge in [-0.3, -0.25) is 4.79 Å². The third kappa shape index (κ3) is 3.76. The van der Waals surface area contributed by atoms with Crippen LogP contribution in [0.15, 0.2) is 42.5 Å². The summed E-state index contributed by atoms with van der Waals surface area (Å²) in [7, 11) is 0. The van der Waals surface area contributed by atoms with Gasteiger partial charge in [-0.25, -0.2) is 4.98 Å². The number of amides is 1. The molecule has 3 aromatic rings. The highest BCUT2D eigenvalue weighted by Crippen LogP contribution is 2.33. The molecule has 1 aromatic heterocycles. The molecular formula is C21H23N3O2S. The zero-order valence-electron chi connectivity index (χ0n) is 15.6. The van der Waals surface area contributed by atoms with Gasteiger partial charge in [0.2, 0.25) is 0 Å². The zero-order chi connectivity index (χ0) is 18.8. The molecule has 1 saturated heterocycles. The van der Waals surface area contributed by atoms with Crippen LogP contribution in [0, 0.1) is 13.8 Å². The largest absolute Gasteiger partial charge is 0.484 e. The number of hydrogen-bond donors (Lipinski definition) is 0. The van der Waals surface area contributed by atoms with E-state index in [-0.39, 0.29) is 12.5 Å². The monoisotopic (exact) mass is 381 g/mol. The van der Waals surface area contributed by atoms with Crippen LogP contribution in [0.1, 0.15) is 11.1 Å². The summed E-state index contributed by atoms with van der Waals surface area (Å²) >= 11 is 1.75. The van der Waals surface area contributed by atoms with Crippen molar-refractivity contribution >= 4 is 32.6 Å². The van der Waals surface area contributed by atoms with Gasteiger partial charge >= 0.3 is 0 Å². The number of para-hydroxylation sites is 1. The Morgan fingerprint density at radius 1 is 1.04 bits per heavy atom. The SMILES string of the molecule is Cc1ccc(C)c2sc(N3CCN(C(=O)COc4ccccc4)CC3)nc12. The average Bonchev–Trinajstić information content (AvgIpc) is 3.17. The molecule has 0 bridgehead atoms. The second-order valence-corrected chi connectivity index (χ2v) is 7.82. The topological polar surface area (TPSA) is 45.7 Å². The summed E-state index contributed by atoms with van der Waals surface area (Å²) in [6, 6.07) is 13.7. The van der Waals surface area contributed by atoms with E-state index in [9.17, 15) is 4.79 Å². The zero-order valence-corrected chi connectivity index (χ0v) is 16.5. The summed E-state index contributed by atoms with van der Waals surface area (Å²) in [6.45, 7) is 7.32. The van der Waals surface area contributed by atoms with Gasteiger partial charge in [0.15, 0.2) is 11.7 Å². The van der Waals surface area contributed by atoms with Crippen LogP contribution >= 0.6 is 11.3 Å². The van der Waals surface area contributed by atoms with E-state index in [4.69, 9.17) is 9.72 Å². The molecule has 0 radical (unpaired) electrons. The van der Waals surface area contributed by atoms with Crippen molar-refractivity contribution < 1.29 is 9.53 Å². The molecule has 1 aliphatic rings. The molecule has 1 fully saturated rings. The van der Waals surface area contributed by atoms with Gasteiger partial charge < -0.3 is 14.5 Å². The van der Waals surface area contributed by atoms with Crippen molar-refractivity contribution in [1.82, 2.24) is 9.88 Å². The summed E-state index contributed by atoms with van der Waals surface area (Å²) in [5, 5.41) is 1.05. The van der Waals surface area contributed by atoms with Crippen LogP contribution in [-0.2, 0) is 4.79 Å². The van der Waals surface area contributed by atoms with E-state index in [1.165, 1.54) is 15.8 Å². The van der Waals surface area contributed by atoms with E-state index in [1.807, 2.05) is 35.2 Å². The van der Waals surface area contributed by atoms with Crippen molar-refractivity contribution in [3.05, 3.63) is 53.6 Å². The number of fused-ring (bicyclic) bond motifs is 1. The molecule has 0 saturated carbocycles. The first-order valence-electron chi connectivity index (χ1n) is 9.19. The highest BCUT2D eigenvalue weighted by molar-refractivity contribution is 7.22. The number of ether oxygens (including phenoxy) is 1. The van der Waals surface area contributed by atoms with Crippen molar-refractivity contribution in [3.63, 3.8) is 0 Å². The smallest absolute Gasteiger partial charge is 0.260 e. The number of thiazole rings is 1. The molecular weight excluding hydrogens is 358 g/mol. The number of benzene rings is 2. The Bertz CT molecular complexity index is 908. The summed E-state index contributed by atoms with van der Waals surface area (Å²) in [4.78, 5) is 21.4. The van der Waals surface area contributed by atoms with E-state index in [2.05, 4.69) is 30.9 Å². The third-order valence-corrected chi connectivity index (χ3v) is 6.19. The summed E-state index contributed by atoms with van der Waals surface area (Å²) < 4.78 is 6.85. The van der Waals surface area contributed by atoms with Crippen LogP contribution in [0.25, 0.3) is 10.2 Å². The number of rotatable bonds is 4. The van der Waals surface area contributed by atoms with Gasteiger partial charge in [-0.1, -0.05) is 41.7 Å². The molecule has 2 aromatic carbocycles. The van der Waals surface area contributed by atoms with E-state index < -0.39 is 0 Å². The van der Waals surface area contributed by atoms with Gasteiger partial charge in [-0.05, 0) is 37.1 Å². The Hall–Kier alpha value is -2.60. The van der Waals surface area contributed by atoms with E-state index in [1.54, 1.807) is 11.3 Å². The summed E-state index contributed by atoms with van der Waals surface area (Å²) in [6.07, 6.45) is 0. The molecule has 0 unspecified atom stereocenters. The first-order chi connectivity index (χ1) is 13.1. The minimum atomic E-state index is 0.0366. The number of carbonyl (C=O) groups excluding carboxylic acids is 1. The van der Waals surface area contributed by atoms with Crippen molar-refractivity contribution in [2.24, 2.45) is 0 Å². The second kappa shape index (κ2) is 7.56. The minimum absolute atomic E-state index is 0.0366. The van der Waals surface area contributed by atoms with Crippen LogP contribution in [-0.4, -0.2) is 48.6 Å². The summed E-state index contributed by atoms with van der Waals surface area (Å²) in [5.74, 6) is 0.763. The number of nitrogens with zero attached hydrogens (tertiary/aromatic N) is 3. The molecule has 0 atom stereocenters. The Morgan fingerprint density at radius 2 is 1.74 bits per heavy atom. The lowest BCUT2D eigenvalue weighted by Crippen LogP contribution is -2.50. The predicted octanol–water partition coefficient (Wildman–Crippen LogP) is 3.64. The van der Waals surface area contributed by atoms with E-state index >= 15 is 0 Å². The number of hydrogen-bond acceptors (Lipinski definition) is 5. The van der Waals surface area contributed by atoms with Crippen molar-refractivity contribution in [2.75, 3.05) is 37.7 Å². The van der Waals surface area contributed by atoms with Gasteiger partial charge in [-0.2, -0.15) is 0 Å². The van der Waals surface area contributed by atoms with E-state index in [0.29, 0.717) is 13.1 Å². The molecule has 6 heteroatoms. The number of piperazine rings is 1. The van der Waals surface area contributed by atoms with Crippen LogP contribution in [0.5, 0.6) is 5.75 Å². The van der Waals surface area contributed by atoms with Crippen LogP contribution in [0.2, 0.25) is 0 Å². The highest BCUT2D eigenvalue weighted by atomic mass is 32.1. The standard InChI is InChI=1S/C21H23N3O2S/c1-15-8-9-16(2)20-19(15)22-21(27-20)24-12-10-23(11-13-24)18(25)14-26-17-6-4-3-5-7-17/h3-9H,10-14H2,1-2H3. The maximum absolute atomic E-state index is 12.4. The van der Waals surface area contributed by atoms with Gasteiger partial charge in [0, 0.05) is 26.2 Å². The van der Waals surface area contributed by atoms with Crippen LogP contribution in [0.3, 0.4) is 0 Å². The molecule has 0 N–H and O–H groups in total. The average molecular weight is 382 g/mol. The first kappa shape index (κ1) is 17.8. The molecule has 140 valence electrons. The van der Waals surface area contributed by atoms with E-state index in [0.717, 1.165) is 29.5 Å². The highest BCUT2D eigenvalue weighted by Gasteiger charge is 2.23. The van der Waals surface area contributed by atoms with Crippen molar-refractivity contribution in [2.45, 2.75) is 13.8 Å². The number of aromatic nitrogens is 1. The fourth-order valence-electron chi connectivity index (χ4n) is 3.28. The molecule has 27 heavy (non-hydrogen) atoms. The third-order valence-electron chi connectivity index (χ3n) is 4.94. The lowest BCUT2D eigenvalue weighted by Gasteiger charge is -2.34. The maximum Gasteiger partial charge on any atom is 0.260 e. The normalized spacial score (nSPS) is 14.6. The minimum Gasteiger partial charge on any atom is -0.484 e. The molecule has 4 rings (SSSR count). The predicted molar refractivity (Wildman–Crippen MR) is 110 cm³/mol. The molecule has 1 amide bonds. The van der Waals surface area contributed by atoms with Crippen LogP contribution in [0.4, 0.5) is 5.13 Å². The summed E-state index contributed by atoms with van der Waals surface area (Å²) in [5.41, 5.74) is 3.58. The lowest BCUT2D eigenvalue weighted by atomic mass is 10.1. The quantitative estimate of drug-likeness (QED) is 0.692. The van der Waals surface area contributed by atoms with Gasteiger partial charge in [0.25, 0.3) is 5.91 Å². The fraction of sp³-hybridized carbons (Fsp3) is 0.333. The Balaban J connectivity index is 1.37. The fourth-order valence-corrected chi connectivity index (χ4v) is 4.45. The molecule has 1 aliphatic heterocycles. The second-order valence-electron chi connectivity index (χ2n) is 6.84. The number of aryl methyl sites for hydroxylation is 2. The Labute approximate surface area is 163 Å². The lowest BCUT2D eigenvalue weighted by molar-refractivity contribution is -0.133. The maximum atomic E-state index is 12.4. The van der Waals surface area contributed by atoms with Gasteiger partial charge in [-0.15, -0.1) is 0 Å². The van der Waals surface area contributed by atoms with Crippen molar-refractivity contribution in [3.8, 4) is 5.75 Å². The van der Waals surface area contributed by atoms with Crippen LogP contribution < -0.4 is 9.64 Å². The van der Waals surface area contributed by atoms with Crippen molar-refractivity contribution in [1.29, 1.82) is 0 Å². The van der Waals surface area contributed by atoms with Gasteiger partial charge in [0.1, 0.15) is 5.75 Å². The number of carbonyl (C=O) groups is 1. The number of anilines is 1. The Kier molecular flexibility index (Phi) is 4.99. The molecule has 0 spiro atoms. The molecule has 5 nitrogen and oxygen atoms in total. The molecule has 2 heterocycles. The van der Waals surface area contributed by atoms with Gasteiger partial charge in [0.05, 0.1) is 10.2 Å². The Morgan fingerprint density at radius 3 is 2.44 bits per heavy atom.